The number of aliphatic hydroxyl groups is 2. The van der Waals surface area contributed by atoms with Crippen LogP contribution in [-0.4, -0.2) is 187 Å². The quantitative estimate of drug-likeness (QED) is 0.0311. The van der Waals surface area contributed by atoms with Gasteiger partial charge < -0.3 is 97.4 Å². The number of amides is 11. The van der Waals surface area contributed by atoms with E-state index in [-0.39, 0.29) is 95.9 Å². The molecule has 12 atom stereocenters. The zero-order valence-electron chi connectivity index (χ0n) is 49.4. The molecule has 0 aromatic heterocycles. The van der Waals surface area contributed by atoms with Gasteiger partial charge in [-0.15, -0.1) is 0 Å². The van der Waals surface area contributed by atoms with Crippen LogP contribution in [0.5, 0.6) is 0 Å². The average molecular weight is 1170 g/mol. The van der Waals surface area contributed by atoms with Crippen LogP contribution < -0.4 is 87.2 Å². The number of carbonyl (C=O) groups is 11. The lowest BCUT2D eigenvalue weighted by Gasteiger charge is -2.29. The molecule has 11 amide bonds. The van der Waals surface area contributed by atoms with Gasteiger partial charge in [0, 0.05) is 13.0 Å². The van der Waals surface area contributed by atoms with Crippen molar-refractivity contribution in [2.75, 3.05) is 39.3 Å². The first kappa shape index (κ1) is 73.9. The molecular formula is C53H100N16O13. The highest BCUT2D eigenvalue weighted by Crippen LogP contribution is 2.13. The lowest BCUT2D eigenvalue weighted by atomic mass is 9.99. The first-order chi connectivity index (χ1) is 38.6. The van der Waals surface area contributed by atoms with Gasteiger partial charge in [-0.05, 0) is 122 Å². The summed E-state index contributed by atoms with van der Waals surface area (Å²) in [6.45, 7) is 12.7. The predicted molar refractivity (Wildman–Crippen MR) is 305 cm³/mol. The maximum atomic E-state index is 14.4. The molecule has 1 aliphatic heterocycles. The van der Waals surface area contributed by atoms with Crippen molar-refractivity contribution in [3.63, 3.8) is 0 Å². The van der Waals surface area contributed by atoms with Gasteiger partial charge in [0.1, 0.15) is 60.4 Å². The van der Waals surface area contributed by atoms with E-state index in [2.05, 4.69) is 72.3 Å². The Balaban J connectivity index is 3.81. The third kappa shape index (κ3) is 27.8. The summed E-state index contributed by atoms with van der Waals surface area (Å²) in [6, 6.07) is -14.5. The van der Waals surface area contributed by atoms with Crippen molar-refractivity contribution in [1.82, 2.24) is 58.5 Å². The van der Waals surface area contributed by atoms with E-state index in [1.807, 2.05) is 0 Å². The number of hydrogen-bond acceptors (Lipinski definition) is 18. The number of carbonyl (C=O) groups excluding carboxylic acids is 11. The SMILES string of the molecule is CC(C)CCCCCC(=O)N[C@@H](CCN)C(=O)N[C@@H](C(=O)N[C@@H](CCN)C(=O)N[C@@H]1CCNC(=O)[C@H]([C@H](C)O)NC(=O)[C@H](CCN)NC(=O)[C@H](CCN)NC(=O)[C@@H](CC(C)C)NC(=O)[C@H](CC(C)C)NC(=O)[C@@H](CCN)NC1=O)[C@@H](C)O. The molecule has 0 aliphatic carbocycles. The van der Waals surface area contributed by atoms with E-state index in [9.17, 15) is 63.0 Å². The van der Waals surface area contributed by atoms with E-state index in [1.54, 1.807) is 27.7 Å². The van der Waals surface area contributed by atoms with Crippen LogP contribution in [0.3, 0.4) is 0 Å². The summed E-state index contributed by atoms with van der Waals surface area (Å²) < 4.78 is 0. The Kier molecular flexibility index (Phi) is 35.5. The highest BCUT2D eigenvalue weighted by atomic mass is 16.3. The molecular weight excluding hydrogens is 1070 g/mol. The van der Waals surface area contributed by atoms with Crippen LogP contribution in [0.4, 0.5) is 0 Å². The van der Waals surface area contributed by atoms with Gasteiger partial charge in [0.15, 0.2) is 0 Å². The summed E-state index contributed by atoms with van der Waals surface area (Å²) in [7, 11) is 0. The third-order valence-electron chi connectivity index (χ3n) is 13.3. The van der Waals surface area contributed by atoms with Crippen molar-refractivity contribution in [2.24, 2.45) is 46.4 Å². The Morgan fingerprint density at radius 1 is 0.488 bits per heavy atom. The monoisotopic (exact) mass is 1170 g/mol. The fourth-order valence-corrected chi connectivity index (χ4v) is 8.80. The lowest BCUT2D eigenvalue weighted by molar-refractivity contribution is -0.137. The Morgan fingerprint density at radius 2 is 0.927 bits per heavy atom. The molecule has 1 aliphatic rings. The largest absolute Gasteiger partial charge is 0.391 e. The van der Waals surface area contributed by atoms with Gasteiger partial charge in [-0.1, -0.05) is 60.8 Å². The van der Waals surface area contributed by atoms with Gasteiger partial charge in [0.25, 0.3) is 0 Å². The highest BCUT2D eigenvalue weighted by Gasteiger charge is 2.37. The van der Waals surface area contributed by atoms with Crippen LogP contribution in [0.25, 0.3) is 0 Å². The van der Waals surface area contributed by atoms with Crippen LogP contribution in [0, 0.1) is 17.8 Å². The lowest BCUT2D eigenvalue weighted by Crippen LogP contribution is -2.62. The van der Waals surface area contributed by atoms with Crippen LogP contribution >= 0.6 is 0 Å². The minimum atomic E-state index is -1.69. The summed E-state index contributed by atoms with van der Waals surface area (Å²) in [5, 5.41) is 49.5. The van der Waals surface area contributed by atoms with E-state index in [4.69, 9.17) is 28.7 Å². The number of hydrogen-bond donors (Lipinski definition) is 18. The van der Waals surface area contributed by atoms with Gasteiger partial charge in [0.05, 0.1) is 12.2 Å². The molecule has 0 spiro atoms. The first-order valence-corrected chi connectivity index (χ1v) is 28.8. The van der Waals surface area contributed by atoms with Crippen LogP contribution in [-0.2, 0) is 52.7 Å². The van der Waals surface area contributed by atoms with E-state index in [0.717, 1.165) is 19.3 Å². The molecule has 1 saturated heterocycles. The number of nitrogens with two attached hydrogens (primary N) is 5. The molecule has 0 aromatic carbocycles. The minimum absolute atomic E-state index is 0.0126. The van der Waals surface area contributed by atoms with E-state index in [1.165, 1.54) is 13.8 Å². The fourth-order valence-electron chi connectivity index (χ4n) is 8.80. The maximum absolute atomic E-state index is 14.4. The van der Waals surface area contributed by atoms with Crippen LogP contribution in [0.2, 0.25) is 0 Å². The molecule has 23 N–H and O–H groups in total. The van der Waals surface area contributed by atoms with Gasteiger partial charge >= 0.3 is 0 Å². The van der Waals surface area contributed by atoms with Gasteiger partial charge in [-0.25, -0.2) is 0 Å². The van der Waals surface area contributed by atoms with E-state index in [0.29, 0.717) is 12.3 Å². The molecule has 0 saturated carbocycles. The third-order valence-corrected chi connectivity index (χ3v) is 13.3. The van der Waals surface area contributed by atoms with Crippen LogP contribution in [0.15, 0.2) is 0 Å². The highest BCUT2D eigenvalue weighted by molar-refractivity contribution is 5.99. The Morgan fingerprint density at radius 3 is 1.35 bits per heavy atom. The molecule has 0 aromatic rings. The first-order valence-electron chi connectivity index (χ1n) is 28.8. The zero-order valence-corrected chi connectivity index (χ0v) is 49.4. The molecule has 1 fully saturated rings. The van der Waals surface area contributed by atoms with Crippen LogP contribution in [0.1, 0.15) is 139 Å². The summed E-state index contributed by atoms with van der Waals surface area (Å²) in [5.74, 6) is -9.47. The second-order valence-corrected chi connectivity index (χ2v) is 22.2. The minimum Gasteiger partial charge on any atom is -0.391 e. The molecule has 0 radical (unpaired) electrons. The van der Waals surface area contributed by atoms with E-state index >= 15 is 0 Å². The molecule has 1 rings (SSSR count). The summed E-state index contributed by atoms with van der Waals surface area (Å²) in [5.41, 5.74) is 29.2. The Hall–Kier alpha value is -6.11. The summed E-state index contributed by atoms with van der Waals surface area (Å²) >= 11 is 0. The number of rotatable bonds is 29. The van der Waals surface area contributed by atoms with Crippen molar-refractivity contribution in [1.29, 1.82) is 0 Å². The molecule has 29 nitrogen and oxygen atoms in total. The molecule has 470 valence electrons. The molecule has 0 unspecified atom stereocenters. The van der Waals surface area contributed by atoms with Crippen molar-refractivity contribution in [2.45, 2.75) is 211 Å². The fraction of sp³-hybridized carbons (Fsp3) is 0.792. The normalized spacial score (nSPS) is 23.1. The molecule has 29 heteroatoms. The Bertz CT molecular complexity index is 2060. The maximum Gasteiger partial charge on any atom is 0.245 e. The predicted octanol–water partition coefficient (Wildman–Crippen LogP) is -5.44. The number of nitrogens with one attached hydrogen (secondary N) is 11. The van der Waals surface area contributed by atoms with Gasteiger partial charge in [-0.2, -0.15) is 0 Å². The van der Waals surface area contributed by atoms with Crippen molar-refractivity contribution < 1.29 is 63.0 Å². The summed E-state index contributed by atoms with van der Waals surface area (Å²) in [4.78, 5) is 153. The average Bonchev–Trinajstić information content (AvgIpc) is 3.38. The second kappa shape index (κ2) is 39.4. The van der Waals surface area contributed by atoms with Gasteiger partial charge in [0.2, 0.25) is 65.0 Å². The number of aliphatic hydroxyl groups excluding tert-OH is 2. The summed E-state index contributed by atoms with van der Waals surface area (Å²) in [6.07, 6.45) is -0.749. The molecule has 82 heavy (non-hydrogen) atoms. The standard InChI is InChI=1S/C53H100N16O13/c1-28(2)12-10-9-11-13-41(72)60-33(14-20-54)48(77)69-43(32(8)71)53(82)65-36(17-23-57)45(74)64-38-19-25-59-52(81)42(31(7)70)68-49(78)37(18-24-58)62-44(73)34(15-21-55)63-50(79)39(26-29(3)4)67-51(80)40(27-30(5)6)66-46(75)35(16-22-56)61-47(38)76/h28-40,42-43,70-71H,9-27,54-58H2,1-8H3,(H,59,81)(H,60,72)(H,61,76)(H,62,73)(H,63,79)(H,64,74)(H,65,82)(H,66,75)(H,67,80)(H,68,78)(H,69,77)/t31-,32+,33-,34-,35+,36-,37-,38+,39+,40-,42-,43+/m0/s1. The van der Waals surface area contributed by atoms with Gasteiger partial charge in [-0.3, -0.25) is 52.7 Å². The molecule has 0 bridgehead atoms. The topological polar surface area (TPSA) is 491 Å². The Labute approximate surface area is 482 Å². The zero-order chi connectivity index (χ0) is 62.2. The smallest absolute Gasteiger partial charge is 0.245 e. The number of unbranched alkanes of at least 4 members (excludes halogenated alkanes) is 2. The van der Waals surface area contributed by atoms with E-state index < -0.39 is 151 Å². The van der Waals surface area contributed by atoms with Crippen molar-refractivity contribution >= 4 is 65.0 Å². The van der Waals surface area contributed by atoms with Crippen molar-refractivity contribution in [3.8, 4) is 0 Å². The second-order valence-electron chi connectivity index (χ2n) is 22.2. The van der Waals surface area contributed by atoms with Crippen molar-refractivity contribution in [3.05, 3.63) is 0 Å². The molecule has 1 heterocycles.